The summed E-state index contributed by atoms with van der Waals surface area (Å²) < 4.78 is 0. The van der Waals surface area contributed by atoms with Gasteiger partial charge in [0.1, 0.15) is 23.4 Å². The fourth-order valence-corrected chi connectivity index (χ4v) is 3.83. The number of aromatic nitrogens is 3. The van der Waals surface area contributed by atoms with Gasteiger partial charge in [-0.2, -0.15) is 5.26 Å². The summed E-state index contributed by atoms with van der Waals surface area (Å²) in [5.74, 6) is 2.11. The van der Waals surface area contributed by atoms with Crippen molar-refractivity contribution in [3.63, 3.8) is 0 Å². The summed E-state index contributed by atoms with van der Waals surface area (Å²) in [4.78, 5) is 18.8. The maximum Gasteiger partial charge on any atom is 0.140 e. The molecule has 0 N–H and O–H groups in total. The SMILES string of the molecule is CC(C)(C)c1nc2c(c(N3CCN(c4ccc(C#N)nc4)CC3)n1)CCC2. The monoisotopic (exact) mass is 362 g/mol. The fraction of sp³-hybridized carbons (Fsp3) is 0.524. The van der Waals surface area contributed by atoms with Crippen molar-refractivity contribution < 1.29 is 0 Å². The molecule has 0 amide bonds. The first-order chi connectivity index (χ1) is 13.0. The van der Waals surface area contributed by atoms with Crippen LogP contribution in [0.2, 0.25) is 0 Å². The minimum Gasteiger partial charge on any atom is -0.367 e. The Morgan fingerprint density at radius 1 is 1.00 bits per heavy atom. The van der Waals surface area contributed by atoms with E-state index in [2.05, 4.69) is 41.6 Å². The van der Waals surface area contributed by atoms with Gasteiger partial charge in [0.25, 0.3) is 0 Å². The Hall–Kier alpha value is -2.68. The topological polar surface area (TPSA) is 68.9 Å². The lowest BCUT2D eigenvalue weighted by atomic mass is 9.95. The lowest BCUT2D eigenvalue weighted by Crippen LogP contribution is -2.47. The van der Waals surface area contributed by atoms with Crippen LogP contribution in [0.1, 0.15) is 50.0 Å². The normalized spacial score (nSPS) is 17.0. The second-order valence-corrected chi connectivity index (χ2v) is 8.39. The summed E-state index contributed by atoms with van der Waals surface area (Å²) >= 11 is 0. The third-order valence-electron chi connectivity index (χ3n) is 5.39. The molecule has 4 rings (SSSR count). The molecule has 1 aliphatic carbocycles. The molecule has 1 fully saturated rings. The van der Waals surface area contributed by atoms with Crippen LogP contribution in [0, 0.1) is 11.3 Å². The van der Waals surface area contributed by atoms with Crippen LogP contribution >= 0.6 is 0 Å². The van der Waals surface area contributed by atoms with E-state index in [0.29, 0.717) is 5.69 Å². The number of hydrogen-bond acceptors (Lipinski definition) is 6. The molecule has 6 heteroatoms. The number of anilines is 2. The Morgan fingerprint density at radius 3 is 2.37 bits per heavy atom. The molecular weight excluding hydrogens is 336 g/mol. The number of fused-ring (bicyclic) bond motifs is 1. The quantitative estimate of drug-likeness (QED) is 0.818. The van der Waals surface area contributed by atoms with Crippen molar-refractivity contribution in [3.8, 4) is 6.07 Å². The molecule has 0 unspecified atom stereocenters. The molecule has 1 saturated heterocycles. The predicted molar refractivity (Wildman–Crippen MR) is 106 cm³/mol. The maximum atomic E-state index is 8.91. The van der Waals surface area contributed by atoms with Crippen molar-refractivity contribution in [1.29, 1.82) is 5.26 Å². The Balaban J connectivity index is 1.54. The van der Waals surface area contributed by atoms with E-state index in [-0.39, 0.29) is 5.41 Å². The van der Waals surface area contributed by atoms with Crippen molar-refractivity contribution in [2.45, 2.75) is 45.4 Å². The van der Waals surface area contributed by atoms with Crippen molar-refractivity contribution in [1.82, 2.24) is 15.0 Å². The average molecular weight is 362 g/mol. The van der Waals surface area contributed by atoms with Crippen LogP contribution in [0.3, 0.4) is 0 Å². The molecule has 0 bridgehead atoms. The molecule has 1 aliphatic heterocycles. The van der Waals surface area contributed by atoms with Gasteiger partial charge in [0.15, 0.2) is 0 Å². The molecule has 3 heterocycles. The van der Waals surface area contributed by atoms with Gasteiger partial charge in [-0.25, -0.2) is 15.0 Å². The zero-order valence-electron chi connectivity index (χ0n) is 16.4. The Kier molecular flexibility index (Phi) is 4.47. The van der Waals surface area contributed by atoms with Crippen molar-refractivity contribution >= 4 is 11.5 Å². The number of aryl methyl sites for hydroxylation is 1. The molecule has 2 aromatic heterocycles. The third kappa shape index (κ3) is 3.46. The van der Waals surface area contributed by atoms with E-state index in [1.54, 1.807) is 12.3 Å². The number of nitrogens with zero attached hydrogens (tertiary/aromatic N) is 6. The lowest BCUT2D eigenvalue weighted by Gasteiger charge is -2.37. The van der Waals surface area contributed by atoms with Gasteiger partial charge in [-0.1, -0.05) is 20.8 Å². The Morgan fingerprint density at radius 2 is 1.74 bits per heavy atom. The van der Waals surface area contributed by atoms with E-state index in [4.69, 9.17) is 15.2 Å². The van der Waals surface area contributed by atoms with Crippen LogP contribution in [0.25, 0.3) is 0 Å². The van der Waals surface area contributed by atoms with Crippen molar-refractivity contribution in [3.05, 3.63) is 41.1 Å². The zero-order chi connectivity index (χ0) is 19.0. The average Bonchev–Trinajstić information content (AvgIpc) is 3.15. The first-order valence-electron chi connectivity index (χ1n) is 9.72. The second kappa shape index (κ2) is 6.80. The molecule has 140 valence electrons. The standard InChI is InChI=1S/C21H26N6/c1-21(2,3)20-24-18-6-4-5-17(18)19(25-20)27-11-9-26(10-12-27)16-8-7-15(13-22)23-14-16/h7-8,14H,4-6,9-12H2,1-3H3. The molecule has 2 aliphatic rings. The van der Waals surface area contributed by atoms with Gasteiger partial charge < -0.3 is 9.80 Å². The summed E-state index contributed by atoms with van der Waals surface area (Å²) in [5, 5.41) is 8.91. The summed E-state index contributed by atoms with van der Waals surface area (Å²) in [6.07, 6.45) is 5.15. The summed E-state index contributed by atoms with van der Waals surface area (Å²) in [5.41, 5.74) is 4.11. The molecule has 0 atom stereocenters. The number of rotatable bonds is 2. The molecule has 6 nitrogen and oxygen atoms in total. The highest BCUT2D eigenvalue weighted by atomic mass is 15.3. The first-order valence-corrected chi connectivity index (χ1v) is 9.72. The van der Waals surface area contributed by atoms with E-state index in [1.807, 2.05) is 6.07 Å². The maximum absolute atomic E-state index is 8.91. The highest BCUT2D eigenvalue weighted by Gasteiger charge is 2.28. The van der Waals surface area contributed by atoms with E-state index in [1.165, 1.54) is 17.7 Å². The van der Waals surface area contributed by atoms with Crippen LogP contribution in [-0.2, 0) is 18.3 Å². The Labute approximate surface area is 160 Å². The van der Waals surface area contributed by atoms with Gasteiger partial charge >= 0.3 is 0 Å². The van der Waals surface area contributed by atoms with Gasteiger partial charge in [0.05, 0.1) is 11.9 Å². The molecule has 2 aromatic rings. The number of hydrogen-bond donors (Lipinski definition) is 0. The minimum atomic E-state index is -0.0393. The van der Waals surface area contributed by atoms with Crippen LogP contribution < -0.4 is 9.80 Å². The molecular formula is C21H26N6. The van der Waals surface area contributed by atoms with Crippen LogP contribution in [0.4, 0.5) is 11.5 Å². The van der Waals surface area contributed by atoms with E-state index >= 15 is 0 Å². The predicted octanol–water partition coefficient (Wildman–Crippen LogP) is 2.86. The van der Waals surface area contributed by atoms with E-state index in [0.717, 1.165) is 56.4 Å². The van der Waals surface area contributed by atoms with Crippen LogP contribution in [0.5, 0.6) is 0 Å². The van der Waals surface area contributed by atoms with Gasteiger partial charge in [-0.15, -0.1) is 0 Å². The highest BCUT2D eigenvalue weighted by Crippen LogP contribution is 2.32. The second-order valence-electron chi connectivity index (χ2n) is 8.39. The van der Waals surface area contributed by atoms with Gasteiger partial charge in [0.2, 0.25) is 0 Å². The summed E-state index contributed by atoms with van der Waals surface area (Å²) in [6.45, 7) is 10.3. The van der Waals surface area contributed by atoms with Crippen LogP contribution in [-0.4, -0.2) is 41.1 Å². The van der Waals surface area contributed by atoms with Gasteiger partial charge in [-0.3, -0.25) is 0 Å². The molecule has 0 spiro atoms. The van der Waals surface area contributed by atoms with E-state index < -0.39 is 0 Å². The van der Waals surface area contributed by atoms with Gasteiger partial charge in [0, 0.05) is 42.9 Å². The van der Waals surface area contributed by atoms with Gasteiger partial charge in [-0.05, 0) is 31.4 Å². The summed E-state index contributed by atoms with van der Waals surface area (Å²) in [7, 11) is 0. The number of pyridine rings is 1. The fourth-order valence-electron chi connectivity index (χ4n) is 3.83. The summed E-state index contributed by atoms with van der Waals surface area (Å²) in [6, 6.07) is 5.85. The first kappa shape index (κ1) is 17.7. The molecule has 0 aromatic carbocycles. The van der Waals surface area contributed by atoms with Crippen molar-refractivity contribution in [2.24, 2.45) is 0 Å². The zero-order valence-corrected chi connectivity index (χ0v) is 16.4. The number of piperazine rings is 1. The van der Waals surface area contributed by atoms with Crippen molar-refractivity contribution in [2.75, 3.05) is 36.0 Å². The Bertz CT molecular complexity index is 867. The van der Waals surface area contributed by atoms with E-state index in [9.17, 15) is 0 Å². The minimum absolute atomic E-state index is 0.0393. The molecule has 0 saturated carbocycles. The largest absolute Gasteiger partial charge is 0.367 e. The third-order valence-corrected chi connectivity index (χ3v) is 5.39. The molecule has 27 heavy (non-hydrogen) atoms. The highest BCUT2D eigenvalue weighted by molar-refractivity contribution is 5.54. The lowest BCUT2D eigenvalue weighted by molar-refractivity contribution is 0.538. The number of nitriles is 1. The molecule has 0 radical (unpaired) electrons. The van der Waals surface area contributed by atoms with Crippen LogP contribution in [0.15, 0.2) is 18.3 Å². The smallest absolute Gasteiger partial charge is 0.140 e.